The summed E-state index contributed by atoms with van der Waals surface area (Å²) < 4.78 is 42.9. The maximum atomic E-state index is 14.0. The third-order valence-corrected chi connectivity index (χ3v) is 7.70. The highest BCUT2D eigenvalue weighted by Gasteiger charge is 2.24. The average molecular weight is 498 g/mol. The summed E-state index contributed by atoms with van der Waals surface area (Å²) in [6.07, 6.45) is 0. The van der Waals surface area contributed by atoms with Gasteiger partial charge in [-0.3, -0.25) is 9.62 Å². The first-order valence-electron chi connectivity index (χ1n) is 11.3. The Morgan fingerprint density at radius 1 is 0.971 bits per heavy atom. The van der Waals surface area contributed by atoms with Gasteiger partial charge < -0.3 is 10.0 Å². The van der Waals surface area contributed by atoms with Crippen LogP contribution in [-0.2, 0) is 16.6 Å². The Morgan fingerprint density at radius 3 is 2.34 bits per heavy atom. The molecule has 184 valence electrons. The number of piperazine rings is 1. The number of rotatable bonds is 7. The number of aryl methyl sites for hydroxylation is 2. The Labute approximate surface area is 204 Å². The van der Waals surface area contributed by atoms with Crippen LogP contribution in [0.5, 0.6) is 0 Å². The molecule has 4 rings (SSSR count). The molecule has 1 aliphatic heterocycles. The molecule has 0 amide bonds. The minimum atomic E-state index is -3.93. The highest BCUT2D eigenvalue weighted by atomic mass is 32.2. The molecule has 3 aromatic rings. The molecule has 1 aliphatic rings. The van der Waals surface area contributed by atoms with E-state index in [4.69, 9.17) is 0 Å². The summed E-state index contributed by atoms with van der Waals surface area (Å²) >= 11 is 0. The summed E-state index contributed by atoms with van der Waals surface area (Å²) in [6, 6.07) is 16.0. The van der Waals surface area contributed by atoms with Crippen molar-refractivity contribution in [2.75, 3.05) is 35.8 Å². The molecule has 0 radical (unpaired) electrons. The molecule has 0 bridgehead atoms. The van der Waals surface area contributed by atoms with Crippen LogP contribution in [0.25, 0.3) is 0 Å². The van der Waals surface area contributed by atoms with Crippen LogP contribution in [-0.4, -0.2) is 50.6 Å². The van der Waals surface area contributed by atoms with Gasteiger partial charge in [0.15, 0.2) is 0 Å². The molecule has 0 saturated carbocycles. The lowest BCUT2D eigenvalue weighted by molar-refractivity contribution is 0.0697. The van der Waals surface area contributed by atoms with Gasteiger partial charge in [0.25, 0.3) is 10.0 Å². The number of benzene rings is 3. The van der Waals surface area contributed by atoms with Crippen molar-refractivity contribution in [1.29, 1.82) is 0 Å². The quantitative estimate of drug-likeness (QED) is 0.507. The number of nitrogens with zero attached hydrogens (tertiary/aromatic N) is 2. The molecule has 35 heavy (non-hydrogen) atoms. The molecule has 2 N–H and O–H groups in total. The first-order valence-corrected chi connectivity index (χ1v) is 12.8. The number of carbonyl (C=O) groups is 1. The molecular formula is C26H28FN3O4S. The predicted octanol–water partition coefficient (Wildman–Crippen LogP) is 4.26. The Kier molecular flexibility index (Phi) is 7.09. The summed E-state index contributed by atoms with van der Waals surface area (Å²) in [5.41, 5.74) is 3.26. The van der Waals surface area contributed by atoms with Crippen LogP contribution in [0.2, 0.25) is 0 Å². The summed E-state index contributed by atoms with van der Waals surface area (Å²) in [5.74, 6) is -1.37. The zero-order valence-electron chi connectivity index (χ0n) is 19.7. The van der Waals surface area contributed by atoms with E-state index in [1.807, 2.05) is 24.8 Å². The molecule has 0 atom stereocenters. The number of aromatic carboxylic acids is 1. The molecule has 1 fully saturated rings. The van der Waals surface area contributed by atoms with E-state index in [2.05, 4.69) is 9.62 Å². The molecule has 9 heteroatoms. The first kappa shape index (κ1) is 24.7. The van der Waals surface area contributed by atoms with Gasteiger partial charge in [-0.25, -0.2) is 17.6 Å². The fourth-order valence-electron chi connectivity index (χ4n) is 4.13. The van der Waals surface area contributed by atoms with Gasteiger partial charge in [-0.2, -0.15) is 0 Å². The largest absolute Gasteiger partial charge is 0.478 e. The topological polar surface area (TPSA) is 89.9 Å². The Morgan fingerprint density at radius 2 is 1.69 bits per heavy atom. The van der Waals surface area contributed by atoms with E-state index in [9.17, 15) is 22.7 Å². The predicted molar refractivity (Wildman–Crippen MR) is 134 cm³/mol. The molecule has 7 nitrogen and oxygen atoms in total. The standard InChI is InChI=1S/C26H28FN3O4S/c1-18-7-9-22(15-19(18)2)35(33,34)28-24-16-20(26(31)32)8-10-25(24)30-13-11-29(12-14-30)17-21-5-3-4-6-23(21)27/h3-10,15-16,28H,11-14,17H2,1-2H3,(H,31,32). The molecule has 1 heterocycles. The number of carboxylic acids is 1. The summed E-state index contributed by atoms with van der Waals surface area (Å²) in [4.78, 5) is 15.8. The number of sulfonamides is 1. The molecule has 0 spiro atoms. The number of halogens is 1. The molecule has 0 unspecified atom stereocenters. The summed E-state index contributed by atoms with van der Waals surface area (Å²) in [7, 11) is -3.93. The second-order valence-electron chi connectivity index (χ2n) is 8.74. The SMILES string of the molecule is Cc1ccc(S(=O)(=O)Nc2cc(C(=O)O)ccc2N2CCN(Cc3ccccc3F)CC2)cc1C. The molecule has 3 aromatic carbocycles. The van der Waals surface area contributed by atoms with Crippen molar-refractivity contribution in [1.82, 2.24) is 4.90 Å². The Balaban J connectivity index is 1.56. The fourth-order valence-corrected chi connectivity index (χ4v) is 5.28. The normalized spacial score (nSPS) is 14.7. The summed E-state index contributed by atoms with van der Waals surface area (Å²) in [5, 5.41) is 9.46. The number of anilines is 2. The van der Waals surface area contributed by atoms with Crippen molar-refractivity contribution in [2.24, 2.45) is 0 Å². The van der Waals surface area contributed by atoms with Crippen LogP contribution in [0.1, 0.15) is 27.0 Å². The van der Waals surface area contributed by atoms with E-state index in [1.54, 1.807) is 30.3 Å². The van der Waals surface area contributed by atoms with Gasteiger partial charge in [-0.05, 0) is 61.4 Å². The van der Waals surface area contributed by atoms with Crippen molar-refractivity contribution >= 4 is 27.4 Å². The van der Waals surface area contributed by atoms with E-state index in [-0.39, 0.29) is 22.0 Å². The van der Waals surface area contributed by atoms with E-state index in [0.29, 0.717) is 44.0 Å². The van der Waals surface area contributed by atoms with Crippen LogP contribution in [0.15, 0.2) is 65.6 Å². The smallest absolute Gasteiger partial charge is 0.335 e. The monoisotopic (exact) mass is 497 g/mol. The van der Waals surface area contributed by atoms with E-state index >= 15 is 0 Å². The highest BCUT2D eigenvalue weighted by Crippen LogP contribution is 2.31. The Bertz CT molecular complexity index is 1350. The molecule has 0 aliphatic carbocycles. The molecular weight excluding hydrogens is 469 g/mol. The fraction of sp³-hybridized carbons (Fsp3) is 0.269. The molecule has 0 aromatic heterocycles. The van der Waals surface area contributed by atoms with Gasteiger partial charge in [0, 0.05) is 38.3 Å². The maximum Gasteiger partial charge on any atom is 0.335 e. The highest BCUT2D eigenvalue weighted by molar-refractivity contribution is 7.92. The van der Waals surface area contributed by atoms with Gasteiger partial charge in [0.1, 0.15) is 5.82 Å². The second kappa shape index (κ2) is 10.1. The van der Waals surface area contributed by atoms with Gasteiger partial charge in [-0.1, -0.05) is 24.3 Å². The number of hydrogen-bond acceptors (Lipinski definition) is 5. The van der Waals surface area contributed by atoms with E-state index < -0.39 is 16.0 Å². The van der Waals surface area contributed by atoms with Crippen LogP contribution in [0.3, 0.4) is 0 Å². The third kappa shape index (κ3) is 5.63. The number of hydrogen-bond donors (Lipinski definition) is 2. The second-order valence-corrected chi connectivity index (χ2v) is 10.4. The third-order valence-electron chi connectivity index (χ3n) is 6.34. The van der Waals surface area contributed by atoms with Crippen molar-refractivity contribution in [3.05, 3.63) is 88.7 Å². The average Bonchev–Trinajstić information content (AvgIpc) is 2.82. The number of carboxylic acid groups (broad SMARTS) is 1. The lowest BCUT2D eigenvalue weighted by Crippen LogP contribution is -2.46. The van der Waals surface area contributed by atoms with E-state index in [1.165, 1.54) is 24.3 Å². The van der Waals surface area contributed by atoms with Crippen molar-refractivity contribution in [2.45, 2.75) is 25.3 Å². The van der Waals surface area contributed by atoms with Gasteiger partial charge >= 0.3 is 5.97 Å². The van der Waals surface area contributed by atoms with Crippen LogP contribution < -0.4 is 9.62 Å². The maximum absolute atomic E-state index is 14.0. The van der Waals surface area contributed by atoms with E-state index in [0.717, 1.165) is 11.1 Å². The first-order chi connectivity index (χ1) is 16.6. The lowest BCUT2D eigenvalue weighted by Gasteiger charge is -2.37. The van der Waals surface area contributed by atoms with Crippen LogP contribution in [0.4, 0.5) is 15.8 Å². The van der Waals surface area contributed by atoms with Crippen molar-refractivity contribution in [3.63, 3.8) is 0 Å². The molecule has 1 saturated heterocycles. The van der Waals surface area contributed by atoms with Crippen molar-refractivity contribution < 1.29 is 22.7 Å². The Hall–Kier alpha value is -3.43. The van der Waals surface area contributed by atoms with Gasteiger partial charge in [0.05, 0.1) is 21.8 Å². The minimum absolute atomic E-state index is 0.00951. The van der Waals surface area contributed by atoms with Crippen molar-refractivity contribution in [3.8, 4) is 0 Å². The van der Waals surface area contributed by atoms with Gasteiger partial charge in [0.2, 0.25) is 0 Å². The van der Waals surface area contributed by atoms with Crippen LogP contribution in [0, 0.1) is 19.7 Å². The zero-order valence-corrected chi connectivity index (χ0v) is 20.5. The number of nitrogens with one attached hydrogen (secondary N) is 1. The zero-order chi connectivity index (χ0) is 25.2. The van der Waals surface area contributed by atoms with Crippen LogP contribution >= 0.6 is 0 Å². The lowest BCUT2D eigenvalue weighted by atomic mass is 10.1. The summed E-state index contributed by atoms with van der Waals surface area (Å²) in [6.45, 7) is 6.70. The van der Waals surface area contributed by atoms with Gasteiger partial charge in [-0.15, -0.1) is 0 Å². The minimum Gasteiger partial charge on any atom is -0.478 e.